The van der Waals surface area contributed by atoms with E-state index >= 15 is 0 Å². The molecule has 1 unspecified atom stereocenters. The molecule has 84 valence electrons. The Hall–Kier alpha value is -1.15. The lowest BCUT2D eigenvalue weighted by Gasteiger charge is -2.03. The molecule has 1 aromatic heterocycles. The molecule has 0 saturated heterocycles. The zero-order chi connectivity index (χ0) is 11.3. The number of hydrogen-bond donors (Lipinski definition) is 1. The van der Waals surface area contributed by atoms with Crippen molar-refractivity contribution in [3.8, 4) is 0 Å². The second kappa shape index (κ2) is 5.66. The molecule has 1 rings (SSSR count). The Morgan fingerprint density at radius 3 is 3.07 bits per heavy atom. The predicted octanol–water partition coefficient (Wildman–Crippen LogP) is -0.681. The average molecular weight is 232 g/mol. The molecule has 0 aliphatic heterocycles. The van der Waals surface area contributed by atoms with Crippen molar-refractivity contribution in [3.63, 3.8) is 0 Å². The van der Waals surface area contributed by atoms with Crippen LogP contribution in [0.15, 0.2) is 5.16 Å². The van der Waals surface area contributed by atoms with Gasteiger partial charge >= 0.3 is 5.97 Å². The van der Waals surface area contributed by atoms with Crippen LogP contribution in [0.1, 0.15) is 6.92 Å². The molecule has 0 amide bonds. The number of rotatable bonds is 5. The first kappa shape index (κ1) is 11.9. The zero-order valence-electron chi connectivity index (χ0n) is 8.45. The third kappa shape index (κ3) is 3.84. The van der Waals surface area contributed by atoms with Crippen LogP contribution in [0.5, 0.6) is 0 Å². The summed E-state index contributed by atoms with van der Waals surface area (Å²) in [5, 5.41) is 20.4. The SMILES string of the molecule is COC(=O)Cn1nnnc1SCC(C)O. The Balaban J connectivity index is 2.57. The second-order valence-electron chi connectivity index (χ2n) is 2.86. The number of aliphatic hydroxyl groups is 1. The fraction of sp³-hybridized carbons (Fsp3) is 0.714. The summed E-state index contributed by atoms with van der Waals surface area (Å²) in [6.07, 6.45) is -0.446. The lowest BCUT2D eigenvalue weighted by atomic mass is 10.5. The first-order chi connectivity index (χ1) is 7.13. The Morgan fingerprint density at radius 2 is 2.47 bits per heavy atom. The van der Waals surface area contributed by atoms with Gasteiger partial charge in [-0.1, -0.05) is 11.8 Å². The van der Waals surface area contributed by atoms with Gasteiger partial charge in [-0.15, -0.1) is 5.10 Å². The maximum absolute atomic E-state index is 11.0. The van der Waals surface area contributed by atoms with Gasteiger partial charge in [0, 0.05) is 5.75 Å². The molecule has 0 spiro atoms. The van der Waals surface area contributed by atoms with Crippen LogP contribution < -0.4 is 0 Å². The maximum atomic E-state index is 11.0. The first-order valence-corrected chi connectivity index (χ1v) is 5.26. The fourth-order valence-corrected chi connectivity index (χ4v) is 1.52. The van der Waals surface area contributed by atoms with Crippen molar-refractivity contribution < 1.29 is 14.6 Å². The molecule has 7 nitrogen and oxygen atoms in total. The van der Waals surface area contributed by atoms with Gasteiger partial charge in [-0.2, -0.15) is 0 Å². The van der Waals surface area contributed by atoms with Crippen LogP contribution in [0.2, 0.25) is 0 Å². The second-order valence-corrected chi connectivity index (χ2v) is 3.84. The fourth-order valence-electron chi connectivity index (χ4n) is 0.781. The topological polar surface area (TPSA) is 90.1 Å². The van der Waals surface area contributed by atoms with Crippen molar-refractivity contribution in [1.29, 1.82) is 0 Å². The molecule has 1 aromatic rings. The number of methoxy groups -OCH3 is 1. The number of tetrazole rings is 1. The van der Waals surface area contributed by atoms with Crippen LogP contribution in [-0.4, -0.2) is 50.2 Å². The number of nitrogens with zero attached hydrogens (tertiary/aromatic N) is 4. The number of carbonyl (C=O) groups excluding carboxylic acids is 1. The monoisotopic (exact) mass is 232 g/mol. The smallest absolute Gasteiger partial charge is 0.327 e. The molecule has 0 saturated carbocycles. The number of ether oxygens (including phenoxy) is 1. The number of esters is 1. The minimum Gasteiger partial charge on any atom is -0.468 e. The number of carbonyl (C=O) groups is 1. The van der Waals surface area contributed by atoms with E-state index in [2.05, 4.69) is 20.3 Å². The molecular formula is C7H12N4O3S. The molecule has 0 aliphatic carbocycles. The van der Waals surface area contributed by atoms with E-state index in [0.717, 1.165) is 0 Å². The summed E-state index contributed by atoms with van der Waals surface area (Å²) >= 11 is 1.28. The summed E-state index contributed by atoms with van der Waals surface area (Å²) in [7, 11) is 1.30. The molecule has 1 atom stereocenters. The van der Waals surface area contributed by atoms with Gasteiger partial charge in [-0.3, -0.25) is 4.79 Å². The third-order valence-corrected chi connectivity index (χ3v) is 2.66. The third-order valence-electron chi connectivity index (χ3n) is 1.46. The van der Waals surface area contributed by atoms with Gasteiger partial charge in [0.15, 0.2) is 0 Å². The van der Waals surface area contributed by atoms with Crippen molar-refractivity contribution in [1.82, 2.24) is 20.2 Å². The highest BCUT2D eigenvalue weighted by atomic mass is 32.2. The van der Waals surface area contributed by atoms with Crippen LogP contribution in [0.3, 0.4) is 0 Å². The van der Waals surface area contributed by atoms with Crippen LogP contribution in [0, 0.1) is 0 Å². The minimum atomic E-state index is -0.446. The van der Waals surface area contributed by atoms with Crippen molar-refractivity contribution in [2.24, 2.45) is 0 Å². The molecule has 1 N–H and O–H groups in total. The summed E-state index contributed by atoms with van der Waals surface area (Å²) in [5.41, 5.74) is 0. The molecular weight excluding hydrogens is 220 g/mol. The maximum Gasteiger partial charge on any atom is 0.327 e. The van der Waals surface area contributed by atoms with Gasteiger partial charge in [0.05, 0.1) is 13.2 Å². The minimum absolute atomic E-state index is 0.0222. The van der Waals surface area contributed by atoms with Gasteiger partial charge in [-0.05, 0) is 17.4 Å². The van der Waals surface area contributed by atoms with Gasteiger partial charge in [-0.25, -0.2) is 4.68 Å². The number of aliphatic hydroxyl groups excluding tert-OH is 1. The van der Waals surface area contributed by atoms with E-state index < -0.39 is 12.1 Å². The Bertz CT molecular complexity index is 328. The highest BCUT2D eigenvalue weighted by molar-refractivity contribution is 7.99. The van der Waals surface area contributed by atoms with Crippen molar-refractivity contribution in [2.75, 3.05) is 12.9 Å². The quantitative estimate of drug-likeness (QED) is 0.531. The summed E-state index contributed by atoms with van der Waals surface area (Å²) in [4.78, 5) is 11.0. The summed E-state index contributed by atoms with van der Waals surface area (Å²) in [6, 6.07) is 0. The predicted molar refractivity (Wildman–Crippen MR) is 52.2 cm³/mol. The van der Waals surface area contributed by atoms with E-state index in [9.17, 15) is 4.79 Å². The van der Waals surface area contributed by atoms with E-state index in [1.54, 1.807) is 6.92 Å². The van der Waals surface area contributed by atoms with E-state index in [0.29, 0.717) is 10.9 Å². The van der Waals surface area contributed by atoms with E-state index in [-0.39, 0.29) is 6.54 Å². The highest BCUT2D eigenvalue weighted by Crippen LogP contribution is 2.14. The zero-order valence-corrected chi connectivity index (χ0v) is 9.27. The Labute approximate surface area is 90.8 Å². The molecule has 0 aliphatic rings. The number of thioether (sulfide) groups is 1. The van der Waals surface area contributed by atoms with Gasteiger partial charge < -0.3 is 9.84 Å². The van der Waals surface area contributed by atoms with Crippen LogP contribution in [0.4, 0.5) is 0 Å². The summed E-state index contributed by atoms with van der Waals surface area (Å²) in [6.45, 7) is 1.65. The van der Waals surface area contributed by atoms with Gasteiger partial charge in [0.1, 0.15) is 6.54 Å². The van der Waals surface area contributed by atoms with Crippen LogP contribution >= 0.6 is 11.8 Å². The van der Waals surface area contributed by atoms with E-state index in [4.69, 9.17) is 5.11 Å². The van der Waals surface area contributed by atoms with Crippen molar-refractivity contribution in [2.45, 2.75) is 24.7 Å². The highest BCUT2D eigenvalue weighted by Gasteiger charge is 2.11. The molecule has 1 heterocycles. The number of aromatic nitrogens is 4. The summed E-state index contributed by atoms with van der Waals surface area (Å²) in [5.74, 6) is 0.0582. The van der Waals surface area contributed by atoms with Gasteiger partial charge in [0.2, 0.25) is 5.16 Å². The normalized spacial score (nSPS) is 12.5. The molecule has 0 bridgehead atoms. The average Bonchev–Trinajstić information content (AvgIpc) is 2.62. The van der Waals surface area contributed by atoms with E-state index in [1.165, 1.54) is 23.6 Å². The molecule has 8 heteroatoms. The van der Waals surface area contributed by atoms with Crippen molar-refractivity contribution in [3.05, 3.63) is 0 Å². The van der Waals surface area contributed by atoms with E-state index in [1.807, 2.05) is 0 Å². The largest absolute Gasteiger partial charge is 0.468 e. The lowest BCUT2D eigenvalue weighted by Crippen LogP contribution is -2.14. The number of hydrogen-bond acceptors (Lipinski definition) is 7. The lowest BCUT2D eigenvalue weighted by molar-refractivity contribution is -0.141. The molecule has 0 aromatic carbocycles. The van der Waals surface area contributed by atoms with Crippen LogP contribution in [0.25, 0.3) is 0 Å². The molecule has 15 heavy (non-hydrogen) atoms. The first-order valence-electron chi connectivity index (χ1n) is 4.27. The molecule has 0 fully saturated rings. The van der Waals surface area contributed by atoms with Crippen LogP contribution in [-0.2, 0) is 16.1 Å². The summed E-state index contributed by atoms with van der Waals surface area (Å²) < 4.78 is 5.82. The standard InChI is InChI=1S/C7H12N4O3S/c1-5(12)4-15-7-8-9-10-11(7)3-6(13)14-2/h5,12H,3-4H2,1-2H3. The van der Waals surface area contributed by atoms with Gasteiger partial charge in [0.25, 0.3) is 0 Å². The Kier molecular flexibility index (Phi) is 4.50. The Morgan fingerprint density at radius 1 is 1.73 bits per heavy atom. The van der Waals surface area contributed by atoms with Crippen molar-refractivity contribution >= 4 is 17.7 Å². The molecule has 0 radical (unpaired) electrons.